The van der Waals surface area contributed by atoms with Gasteiger partial charge in [-0.15, -0.1) is 0 Å². The Hall–Kier alpha value is -4.02. The van der Waals surface area contributed by atoms with Crippen LogP contribution in [-0.4, -0.2) is 29.9 Å². The zero-order valence-electron chi connectivity index (χ0n) is 22.8. The molecule has 7 heteroatoms. The van der Waals surface area contributed by atoms with Gasteiger partial charge in [-0.1, -0.05) is 54.6 Å². The Morgan fingerprint density at radius 3 is 1.77 bits per heavy atom. The normalized spacial score (nSPS) is 15.7. The molecular weight excluding hydrogens is 524 g/mol. The fourth-order valence-electron chi connectivity index (χ4n) is 5.38. The Kier molecular flexibility index (Phi) is 7.73. The lowest BCUT2D eigenvalue weighted by Gasteiger charge is -2.32. The number of hydrogen-bond donors (Lipinski definition) is 0. The van der Waals surface area contributed by atoms with Gasteiger partial charge in [-0.05, 0) is 69.3 Å². The number of anilines is 1. The molecule has 1 fully saturated rings. The molecule has 0 bridgehead atoms. The quantitative estimate of drug-likeness (QED) is 0.160. The molecule has 0 spiro atoms. The number of carbonyl (C=O) groups excluding carboxylic acids is 2. The molecule has 1 saturated heterocycles. The van der Waals surface area contributed by atoms with Crippen molar-refractivity contribution in [3.63, 3.8) is 0 Å². The van der Waals surface area contributed by atoms with Crippen LogP contribution in [0.1, 0.15) is 27.2 Å². The van der Waals surface area contributed by atoms with Crippen LogP contribution in [0.2, 0.25) is 0 Å². The second-order valence-corrected chi connectivity index (χ2v) is 14.3. The van der Waals surface area contributed by atoms with Crippen molar-refractivity contribution < 1.29 is 23.5 Å². The molecule has 1 atom stereocenters. The van der Waals surface area contributed by atoms with Crippen molar-refractivity contribution >= 4 is 40.9 Å². The summed E-state index contributed by atoms with van der Waals surface area (Å²) in [5, 5.41) is 3.32. The zero-order chi connectivity index (χ0) is 28.3. The summed E-state index contributed by atoms with van der Waals surface area (Å²) in [6.45, 7) is 5.53. The van der Waals surface area contributed by atoms with Crippen LogP contribution in [0, 0.1) is 5.82 Å². The maximum absolute atomic E-state index is 15.4. The number of hydrogen-bond acceptors (Lipinski definition) is 4. The van der Waals surface area contributed by atoms with Crippen molar-refractivity contribution in [3.8, 4) is 5.75 Å². The summed E-state index contributed by atoms with van der Waals surface area (Å²) in [6, 6.07) is 34.7. The summed E-state index contributed by atoms with van der Waals surface area (Å²) in [6.07, 6.45) is -0.346. The van der Waals surface area contributed by atoms with E-state index in [2.05, 4.69) is 36.4 Å². The Balaban J connectivity index is 1.54. The third-order valence-corrected chi connectivity index (χ3v) is 11.7. The highest BCUT2D eigenvalue weighted by atomic mass is 31.2. The van der Waals surface area contributed by atoms with Crippen molar-refractivity contribution in [1.82, 2.24) is 0 Å². The summed E-state index contributed by atoms with van der Waals surface area (Å²) in [5.41, 5.74) is -0.952. The Bertz CT molecular complexity index is 1390. The molecule has 204 valence electrons. The molecule has 0 unspecified atom stereocenters. The van der Waals surface area contributed by atoms with Gasteiger partial charge in [-0.25, -0.2) is 9.18 Å². The van der Waals surface area contributed by atoms with E-state index in [1.165, 1.54) is 17.0 Å². The van der Waals surface area contributed by atoms with E-state index in [-0.39, 0.29) is 23.0 Å². The van der Waals surface area contributed by atoms with Gasteiger partial charge in [0.15, 0.2) is 11.5 Å². The molecule has 1 aliphatic heterocycles. The van der Waals surface area contributed by atoms with E-state index in [1.807, 2.05) is 54.6 Å². The molecule has 1 amide bonds. The summed E-state index contributed by atoms with van der Waals surface area (Å²) in [5.74, 6) is -0.749. The van der Waals surface area contributed by atoms with Crippen LogP contribution < -0.4 is 25.6 Å². The van der Waals surface area contributed by atoms with Gasteiger partial charge in [-0.3, -0.25) is 4.79 Å². The van der Waals surface area contributed by atoms with Crippen molar-refractivity contribution in [1.29, 1.82) is 0 Å². The van der Waals surface area contributed by atoms with Gasteiger partial charge in [0.25, 0.3) is 5.91 Å². The highest BCUT2D eigenvalue weighted by Crippen LogP contribution is 2.62. The molecule has 0 saturated carbocycles. The first-order valence-corrected chi connectivity index (χ1v) is 15.1. The molecule has 4 aromatic rings. The third-order valence-electron chi connectivity index (χ3n) is 6.94. The van der Waals surface area contributed by atoms with Crippen molar-refractivity contribution in [2.75, 3.05) is 11.4 Å². The highest BCUT2D eigenvalue weighted by Gasteiger charge is 2.58. The van der Waals surface area contributed by atoms with Gasteiger partial charge in [0.1, 0.15) is 34.5 Å². The molecule has 4 aromatic carbocycles. The molecule has 0 aromatic heterocycles. The van der Waals surface area contributed by atoms with Gasteiger partial charge in [0, 0.05) is 19.0 Å². The highest BCUT2D eigenvalue weighted by molar-refractivity contribution is 7.97. The first-order chi connectivity index (χ1) is 19.2. The van der Waals surface area contributed by atoms with Gasteiger partial charge in [0.2, 0.25) is 0 Å². The second-order valence-electron chi connectivity index (χ2n) is 10.7. The number of benzene rings is 4. The summed E-state index contributed by atoms with van der Waals surface area (Å²) in [4.78, 5) is 27.9. The standard InChI is InChI=1S/C33H32FNO4P/c1-33(2,3)39-32(37)38-24-19-20-29(28(34)23-24)35-22-21-30(31(35)36)40(25-13-7-4-8-14-25,26-15-9-5-10-16-26)27-17-11-6-12-18-27/h4-20,23,30H,21-22H2,1-3H3/q+1/t30-/m1/s1. The first-order valence-electron chi connectivity index (χ1n) is 13.3. The van der Waals surface area contributed by atoms with Gasteiger partial charge in [0.05, 0.1) is 5.69 Å². The molecule has 5 nitrogen and oxygen atoms in total. The summed E-state index contributed by atoms with van der Waals surface area (Å²) < 4.78 is 25.8. The number of rotatable bonds is 6. The fraction of sp³-hybridized carbons (Fsp3) is 0.212. The SMILES string of the molecule is CC(C)(C)OC(=O)Oc1ccc(N2CC[C@@H]([P+](c3ccccc3)(c3ccccc3)c3ccccc3)C2=O)c(F)c1. The van der Waals surface area contributed by atoms with Crippen LogP contribution in [-0.2, 0) is 9.53 Å². The lowest BCUT2D eigenvalue weighted by Crippen LogP contribution is -2.43. The van der Waals surface area contributed by atoms with Crippen molar-refractivity contribution in [2.45, 2.75) is 38.5 Å². The Morgan fingerprint density at radius 2 is 1.32 bits per heavy atom. The monoisotopic (exact) mass is 556 g/mol. The van der Waals surface area contributed by atoms with E-state index >= 15 is 4.39 Å². The van der Waals surface area contributed by atoms with E-state index in [0.717, 1.165) is 22.0 Å². The van der Waals surface area contributed by atoms with E-state index in [1.54, 1.807) is 20.8 Å². The number of carbonyl (C=O) groups is 2. The molecule has 0 aliphatic carbocycles. The van der Waals surface area contributed by atoms with Gasteiger partial charge < -0.3 is 14.4 Å². The van der Waals surface area contributed by atoms with Gasteiger partial charge in [-0.2, -0.15) is 0 Å². The van der Waals surface area contributed by atoms with Crippen molar-refractivity contribution in [3.05, 3.63) is 115 Å². The van der Waals surface area contributed by atoms with E-state index in [9.17, 15) is 9.59 Å². The minimum Gasteiger partial charge on any atom is -0.428 e. The average molecular weight is 557 g/mol. The minimum atomic E-state index is -2.48. The molecular formula is C33H32FNO4P+. The average Bonchev–Trinajstić information content (AvgIpc) is 3.31. The number of nitrogens with zero attached hydrogens (tertiary/aromatic N) is 1. The van der Waals surface area contributed by atoms with Crippen molar-refractivity contribution in [2.24, 2.45) is 0 Å². The number of ether oxygens (including phenoxy) is 2. The number of halogens is 1. The van der Waals surface area contributed by atoms with Crippen LogP contribution in [0.3, 0.4) is 0 Å². The molecule has 0 radical (unpaired) electrons. The zero-order valence-corrected chi connectivity index (χ0v) is 23.7. The van der Waals surface area contributed by atoms with E-state index < -0.39 is 24.8 Å². The van der Waals surface area contributed by atoms with Gasteiger partial charge >= 0.3 is 6.16 Å². The molecule has 40 heavy (non-hydrogen) atoms. The third kappa shape index (κ3) is 5.37. The minimum absolute atomic E-state index is 0.0124. The smallest absolute Gasteiger partial charge is 0.428 e. The topological polar surface area (TPSA) is 55.8 Å². The van der Waals surface area contributed by atoms with E-state index in [0.29, 0.717) is 13.0 Å². The van der Waals surface area contributed by atoms with Crippen LogP contribution in [0.5, 0.6) is 5.75 Å². The predicted molar refractivity (Wildman–Crippen MR) is 159 cm³/mol. The number of amides is 1. The van der Waals surface area contributed by atoms with Crippen LogP contribution >= 0.6 is 7.26 Å². The summed E-state index contributed by atoms with van der Waals surface area (Å²) in [7, 11) is -2.48. The van der Waals surface area contributed by atoms with E-state index in [4.69, 9.17) is 9.47 Å². The maximum atomic E-state index is 15.4. The Labute approximate surface area is 234 Å². The predicted octanol–water partition coefficient (Wildman–Crippen LogP) is 6.24. The fourth-order valence-corrected chi connectivity index (χ4v) is 10.3. The molecule has 1 heterocycles. The lowest BCUT2D eigenvalue weighted by atomic mass is 10.2. The van der Waals surface area contributed by atoms with Crippen LogP contribution in [0.25, 0.3) is 0 Å². The molecule has 0 N–H and O–H groups in total. The molecule has 5 rings (SSSR count). The van der Waals surface area contributed by atoms with Crippen LogP contribution in [0.4, 0.5) is 14.9 Å². The largest absolute Gasteiger partial charge is 0.514 e. The second kappa shape index (κ2) is 11.2. The lowest BCUT2D eigenvalue weighted by molar-refractivity contribution is -0.116. The maximum Gasteiger partial charge on any atom is 0.514 e. The first kappa shape index (κ1) is 27.5. The summed E-state index contributed by atoms with van der Waals surface area (Å²) >= 11 is 0. The van der Waals surface area contributed by atoms with Crippen LogP contribution in [0.15, 0.2) is 109 Å². The molecule has 1 aliphatic rings. The Morgan fingerprint density at radius 1 is 0.825 bits per heavy atom.